The molecular formula is C18H24N2. The quantitative estimate of drug-likeness (QED) is 0.524. The Morgan fingerprint density at radius 2 is 2.15 bits per heavy atom. The molecule has 0 fully saturated rings. The number of aliphatic imine (C=N–C) groups is 1. The van der Waals surface area contributed by atoms with E-state index in [0.717, 1.165) is 35.5 Å². The van der Waals surface area contributed by atoms with Gasteiger partial charge in [-0.2, -0.15) is 0 Å². The first kappa shape index (κ1) is 16.0. The van der Waals surface area contributed by atoms with Crippen molar-refractivity contribution >= 4 is 17.6 Å². The average Bonchev–Trinajstić information content (AvgIpc) is 2.39. The van der Waals surface area contributed by atoms with Crippen LogP contribution in [-0.4, -0.2) is 6.21 Å². The van der Waals surface area contributed by atoms with Crippen LogP contribution in [0.5, 0.6) is 0 Å². The van der Waals surface area contributed by atoms with Gasteiger partial charge in [0.05, 0.1) is 5.70 Å². The van der Waals surface area contributed by atoms with Gasteiger partial charge in [0, 0.05) is 23.2 Å². The van der Waals surface area contributed by atoms with E-state index in [1.54, 1.807) is 0 Å². The lowest BCUT2D eigenvalue weighted by Gasteiger charge is -2.13. The van der Waals surface area contributed by atoms with E-state index in [1.165, 1.54) is 5.56 Å². The van der Waals surface area contributed by atoms with Crippen molar-refractivity contribution in [3.8, 4) is 0 Å². The van der Waals surface area contributed by atoms with Gasteiger partial charge in [0.2, 0.25) is 0 Å². The van der Waals surface area contributed by atoms with Gasteiger partial charge in [-0.15, -0.1) is 6.58 Å². The Labute approximate surface area is 122 Å². The summed E-state index contributed by atoms with van der Waals surface area (Å²) in [6.07, 6.45) is 7.62. The average molecular weight is 268 g/mol. The minimum absolute atomic E-state index is 0.802. The predicted octanol–water partition coefficient (Wildman–Crippen LogP) is 5.34. The molecule has 0 spiro atoms. The zero-order chi connectivity index (χ0) is 15.0. The van der Waals surface area contributed by atoms with Gasteiger partial charge >= 0.3 is 0 Å². The molecule has 1 rings (SSSR count). The minimum atomic E-state index is 0.802. The van der Waals surface area contributed by atoms with E-state index in [1.807, 2.05) is 19.2 Å². The summed E-state index contributed by atoms with van der Waals surface area (Å²) < 4.78 is 0. The van der Waals surface area contributed by atoms with Crippen LogP contribution in [0.3, 0.4) is 0 Å². The largest absolute Gasteiger partial charge is 0.359 e. The van der Waals surface area contributed by atoms with Crippen molar-refractivity contribution in [3.63, 3.8) is 0 Å². The second-order valence-electron chi connectivity index (χ2n) is 4.79. The van der Waals surface area contributed by atoms with Gasteiger partial charge in [0.25, 0.3) is 0 Å². The Bertz CT molecular complexity index is 536. The number of allylic oxidation sites excluding steroid dienone is 3. The lowest BCUT2D eigenvalue weighted by Crippen LogP contribution is -1.99. The van der Waals surface area contributed by atoms with Crippen molar-refractivity contribution < 1.29 is 0 Å². The molecule has 0 bridgehead atoms. The van der Waals surface area contributed by atoms with E-state index in [0.29, 0.717) is 0 Å². The highest BCUT2D eigenvalue weighted by molar-refractivity contribution is 5.81. The molecule has 106 valence electrons. The fourth-order valence-electron chi connectivity index (χ4n) is 1.83. The first-order valence-electron chi connectivity index (χ1n) is 6.95. The van der Waals surface area contributed by atoms with Crippen LogP contribution in [0.25, 0.3) is 5.70 Å². The normalized spacial score (nSPS) is 11.7. The molecule has 0 aliphatic heterocycles. The molecule has 0 amide bonds. The smallest absolute Gasteiger partial charge is 0.0682 e. The number of aryl methyl sites for hydroxylation is 1. The maximum absolute atomic E-state index is 4.57. The lowest BCUT2D eigenvalue weighted by atomic mass is 10.1. The Morgan fingerprint density at radius 1 is 1.40 bits per heavy atom. The van der Waals surface area contributed by atoms with Crippen molar-refractivity contribution in [3.05, 3.63) is 60.3 Å². The van der Waals surface area contributed by atoms with Crippen molar-refractivity contribution in [1.82, 2.24) is 0 Å². The molecule has 0 radical (unpaired) electrons. The Balaban J connectivity index is 3.27. The van der Waals surface area contributed by atoms with Crippen LogP contribution in [0.15, 0.2) is 54.2 Å². The molecule has 2 heteroatoms. The van der Waals surface area contributed by atoms with E-state index in [4.69, 9.17) is 0 Å². The number of nitrogens with one attached hydrogen (secondary N) is 1. The summed E-state index contributed by atoms with van der Waals surface area (Å²) in [6, 6.07) is 6.32. The van der Waals surface area contributed by atoms with Crippen LogP contribution in [0.1, 0.15) is 37.8 Å². The number of benzene rings is 1. The summed E-state index contributed by atoms with van der Waals surface area (Å²) >= 11 is 0. The number of hydrogen-bond acceptors (Lipinski definition) is 2. The van der Waals surface area contributed by atoms with Crippen LogP contribution in [0.4, 0.5) is 5.69 Å². The number of nitrogens with zero attached hydrogens (tertiary/aromatic N) is 1. The first-order valence-corrected chi connectivity index (χ1v) is 6.95. The van der Waals surface area contributed by atoms with Crippen LogP contribution < -0.4 is 5.32 Å². The SMILES string of the molecule is C=CC/C=C(\N=CCC)c1ccc(C)cc1NC(=C)C. The Hall–Kier alpha value is -2.09. The molecular weight excluding hydrogens is 244 g/mol. The fraction of sp³-hybridized carbons (Fsp3) is 0.278. The molecule has 0 heterocycles. The van der Waals surface area contributed by atoms with E-state index in [2.05, 4.69) is 61.6 Å². The Morgan fingerprint density at radius 3 is 2.75 bits per heavy atom. The van der Waals surface area contributed by atoms with E-state index in [9.17, 15) is 0 Å². The van der Waals surface area contributed by atoms with Crippen LogP contribution in [0.2, 0.25) is 0 Å². The molecule has 0 saturated carbocycles. The standard InChI is InChI=1S/C18H24N2/c1-6-8-9-17(19-12-7-2)16-11-10-15(5)13-18(16)20-14(3)4/h6,9-13,20H,1,3,7-8H2,2,4-5H3/b17-9-,19-12?. The molecule has 0 aliphatic rings. The maximum Gasteiger partial charge on any atom is 0.0682 e. The molecule has 0 aliphatic carbocycles. The highest BCUT2D eigenvalue weighted by Crippen LogP contribution is 2.27. The van der Waals surface area contributed by atoms with Crippen LogP contribution >= 0.6 is 0 Å². The number of anilines is 1. The molecule has 1 aromatic carbocycles. The molecule has 2 nitrogen and oxygen atoms in total. The lowest BCUT2D eigenvalue weighted by molar-refractivity contribution is 1.29. The van der Waals surface area contributed by atoms with Gasteiger partial charge < -0.3 is 5.32 Å². The van der Waals surface area contributed by atoms with Gasteiger partial charge in [-0.25, -0.2) is 0 Å². The second-order valence-corrected chi connectivity index (χ2v) is 4.79. The molecule has 0 unspecified atom stereocenters. The summed E-state index contributed by atoms with van der Waals surface area (Å²) in [7, 11) is 0. The maximum atomic E-state index is 4.57. The third-order valence-corrected chi connectivity index (χ3v) is 2.69. The summed E-state index contributed by atoms with van der Waals surface area (Å²) in [5.41, 5.74) is 5.22. The van der Waals surface area contributed by atoms with Gasteiger partial charge in [0.15, 0.2) is 0 Å². The van der Waals surface area contributed by atoms with Gasteiger partial charge in [0.1, 0.15) is 0 Å². The topological polar surface area (TPSA) is 24.4 Å². The van der Waals surface area contributed by atoms with Crippen molar-refractivity contribution in [2.75, 3.05) is 5.32 Å². The summed E-state index contributed by atoms with van der Waals surface area (Å²) in [5.74, 6) is 0. The van der Waals surface area contributed by atoms with E-state index < -0.39 is 0 Å². The van der Waals surface area contributed by atoms with Crippen molar-refractivity contribution in [1.29, 1.82) is 0 Å². The van der Waals surface area contributed by atoms with Gasteiger partial charge in [-0.05, 0) is 38.3 Å². The molecule has 0 saturated heterocycles. The molecule has 20 heavy (non-hydrogen) atoms. The van der Waals surface area contributed by atoms with Gasteiger partial charge in [-0.1, -0.05) is 37.8 Å². The third-order valence-electron chi connectivity index (χ3n) is 2.69. The minimum Gasteiger partial charge on any atom is -0.359 e. The summed E-state index contributed by atoms with van der Waals surface area (Å²) in [6.45, 7) is 13.8. The summed E-state index contributed by atoms with van der Waals surface area (Å²) in [5, 5.41) is 3.31. The highest BCUT2D eigenvalue weighted by Gasteiger charge is 2.07. The zero-order valence-corrected chi connectivity index (χ0v) is 12.7. The molecule has 0 atom stereocenters. The Kier molecular flexibility index (Phi) is 6.51. The first-order chi connectivity index (χ1) is 9.58. The third kappa shape index (κ3) is 4.88. The van der Waals surface area contributed by atoms with Crippen molar-refractivity contribution in [2.45, 2.75) is 33.6 Å². The van der Waals surface area contributed by atoms with E-state index in [-0.39, 0.29) is 0 Å². The zero-order valence-electron chi connectivity index (χ0n) is 12.7. The monoisotopic (exact) mass is 268 g/mol. The van der Waals surface area contributed by atoms with Gasteiger partial charge in [-0.3, -0.25) is 4.99 Å². The fourth-order valence-corrected chi connectivity index (χ4v) is 1.83. The second kappa shape index (κ2) is 8.16. The molecule has 1 N–H and O–H groups in total. The van der Waals surface area contributed by atoms with Crippen LogP contribution in [0, 0.1) is 6.92 Å². The van der Waals surface area contributed by atoms with Crippen molar-refractivity contribution in [2.24, 2.45) is 4.99 Å². The molecule has 0 aromatic heterocycles. The highest BCUT2D eigenvalue weighted by atomic mass is 14.9. The van der Waals surface area contributed by atoms with Crippen LogP contribution in [-0.2, 0) is 0 Å². The number of rotatable bonds is 7. The molecule has 1 aromatic rings. The summed E-state index contributed by atoms with van der Waals surface area (Å²) in [4.78, 5) is 4.57. The predicted molar refractivity (Wildman–Crippen MR) is 91.2 cm³/mol. The van der Waals surface area contributed by atoms with E-state index >= 15 is 0 Å². The number of hydrogen-bond donors (Lipinski definition) is 1.